The Labute approximate surface area is 104 Å². The number of ether oxygens (including phenoxy) is 1. The maximum absolute atomic E-state index is 6.05. The zero-order valence-electron chi connectivity index (χ0n) is 11.3. The van der Waals surface area contributed by atoms with Crippen LogP contribution in [0.25, 0.3) is 0 Å². The molecule has 0 bridgehead atoms. The number of aromatic nitrogens is 2. The fourth-order valence-electron chi connectivity index (χ4n) is 1.83. The van der Waals surface area contributed by atoms with Crippen LogP contribution in [0, 0.1) is 0 Å². The van der Waals surface area contributed by atoms with E-state index < -0.39 is 0 Å². The molecule has 1 aromatic heterocycles. The first kappa shape index (κ1) is 14.2. The molecule has 1 atom stereocenters. The molecular formula is C13H25N3O. The largest absolute Gasteiger partial charge is 0.380 e. The summed E-state index contributed by atoms with van der Waals surface area (Å²) in [5, 5.41) is 4.52. The van der Waals surface area contributed by atoms with E-state index in [1.807, 2.05) is 4.68 Å². The van der Waals surface area contributed by atoms with E-state index in [9.17, 15) is 0 Å². The molecule has 0 spiro atoms. The van der Waals surface area contributed by atoms with Gasteiger partial charge < -0.3 is 10.5 Å². The molecule has 0 saturated heterocycles. The first-order valence-electron chi connectivity index (χ1n) is 6.60. The van der Waals surface area contributed by atoms with Gasteiger partial charge in [0.15, 0.2) is 0 Å². The second-order valence-corrected chi connectivity index (χ2v) is 4.34. The normalized spacial score (nSPS) is 12.9. The lowest BCUT2D eigenvalue weighted by Crippen LogP contribution is -2.29. The van der Waals surface area contributed by atoms with E-state index in [-0.39, 0.29) is 6.04 Å². The summed E-state index contributed by atoms with van der Waals surface area (Å²) < 4.78 is 7.51. The van der Waals surface area contributed by atoms with Crippen LogP contribution in [0.15, 0.2) is 6.07 Å². The Balaban J connectivity index is 2.51. The Kier molecular flexibility index (Phi) is 6.22. The van der Waals surface area contributed by atoms with Crippen LogP contribution in [0.2, 0.25) is 0 Å². The minimum absolute atomic E-state index is 0.0632. The van der Waals surface area contributed by atoms with Crippen molar-refractivity contribution in [3.8, 4) is 0 Å². The summed E-state index contributed by atoms with van der Waals surface area (Å²) in [6.45, 7) is 8.65. The minimum atomic E-state index is 0.0632. The number of nitrogens with zero attached hydrogens (tertiary/aromatic N) is 2. The molecule has 0 aliphatic rings. The van der Waals surface area contributed by atoms with Crippen LogP contribution in [-0.2, 0) is 24.1 Å². The zero-order chi connectivity index (χ0) is 12.7. The third kappa shape index (κ3) is 4.48. The van der Waals surface area contributed by atoms with Gasteiger partial charge in [-0.1, -0.05) is 13.8 Å². The van der Waals surface area contributed by atoms with E-state index in [1.54, 1.807) is 0 Å². The Morgan fingerprint density at radius 1 is 1.41 bits per heavy atom. The molecule has 4 nitrogen and oxygen atoms in total. The molecule has 17 heavy (non-hydrogen) atoms. The molecule has 98 valence electrons. The van der Waals surface area contributed by atoms with Gasteiger partial charge in [-0.05, 0) is 25.8 Å². The average Bonchev–Trinajstić information content (AvgIpc) is 2.71. The average molecular weight is 239 g/mol. The maximum Gasteiger partial charge on any atom is 0.0624 e. The van der Waals surface area contributed by atoms with E-state index in [1.165, 1.54) is 5.69 Å². The van der Waals surface area contributed by atoms with Gasteiger partial charge in [-0.15, -0.1) is 0 Å². The van der Waals surface area contributed by atoms with Crippen LogP contribution in [0.3, 0.4) is 0 Å². The Hall–Kier alpha value is -0.870. The van der Waals surface area contributed by atoms with Crippen molar-refractivity contribution in [2.24, 2.45) is 5.73 Å². The van der Waals surface area contributed by atoms with E-state index in [4.69, 9.17) is 10.5 Å². The quantitative estimate of drug-likeness (QED) is 0.703. The summed E-state index contributed by atoms with van der Waals surface area (Å²) in [6, 6.07) is 2.22. The van der Waals surface area contributed by atoms with Crippen LogP contribution in [0.4, 0.5) is 0 Å². The smallest absolute Gasteiger partial charge is 0.0624 e. The predicted octanol–water partition coefficient (Wildman–Crippen LogP) is 1.76. The lowest BCUT2D eigenvalue weighted by Gasteiger charge is -2.12. The highest BCUT2D eigenvalue weighted by atomic mass is 16.5. The molecule has 1 unspecified atom stereocenters. The lowest BCUT2D eigenvalue weighted by atomic mass is 10.1. The van der Waals surface area contributed by atoms with Crippen molar-refractivity contribution in [2.75, 3.05) is 13.2 Å². The summed E-state index contributed by atoms with van der Waals surface area (Å²) in [6.07, 6.45) is 2.85. The molecule has 0 aromatic carbocycles. The second-order valence-electron chi connectivity index (χ2n) is 4.34. The van der Waals surface area contributed by atoms with Crippen molar-refractivity contribution in [2.45, 2.75) is 52.6 Å². The van der Waals surface area contributed by atoms with Crippen LogP contribution >= 0.6 is 0 Å². The van der Waals surface area contributed by atoms with Crippen LogP contribution < -0.4 is 5.73 Å². The highest BCUT2D eigenvalue weighted by Crippen LogP contribution is 2.08. The second kappa shape index (κ2) is 7.45. The Morgan fingerprint density at radius 2 is 2.18 bits per heavy atom. The number of rotatable bonds is 8. The van der Waals surface area contributed by atoms with E-state index in [0.717, 1.165) is 38.1 Å². The van der Waals surface area contributed by atoms with E-state index in [0.29, 0.717) is 6.61 Å². The summed E-state index contributed by atoms with van der Waals surface area (Å²) in [4.78, 5) is 0. The van der Waals surface area contributed by atoms with Crippen molar-refractivity contribution in [1.82, 2.24) is 9.78 Å². The molecule has 0 aliphatic heterocycles. The molecule has 1 heterocycles. The fraction of sp³-hybridized carbons (Fsp3) is 0.769. The van der Waals surface area contributed by atoms with Gasteiger partial charge in [0, 0.05) is 31.3 Å². The highest BCUT2D eigenvalue weighted by Gasteiger charge is 2.10. The van der Waals surface area contributed by atoms with Gasteiger partial charge in [0.25, 0.3) is 0 Å². The molecule has 2 N–H and O–H groups in total. The summed E-state index contributed by atoms with van der Waals surface area (Å²) in [5.41, 5.74) is 8.42. The first-order valence-corrected chi connectivity index (χ1v) is 6.60. The molecule has 0 amide bonds. The third-order valence-electron chi connectivity index (χ3n) is 2.73. The minimum Gasteiger partial charge on any atom is -0.380 e. The molecule has 0 radical (unpaired) electrons. The van der Waals surface area contributed by atoms with Crippen molar-refractivity contribution in [1.29, 1.82) is 0 Å². The first-order chi connectivity index (χ1) is 8.21. The van der Waals surface area contributed by atoms with Gasteiger partial charge in [-0.25, -0.2) is 0 Å². The van der Waals surface area contributed by atoms with Gasteiger partial charge in [-0.3, -0.25) is 4.68 Å². The standard InChI is InChI=1S/C13H25N3O/c1-4-7-17-10-11(14)8-13-9-12(5-2)15-16(13)6-3/h9,11H,4-8,10,14H2,1-3H3. The predicted molar refractivity (Wildman–Crippen MR) is 70.1 cm³/mol. The van der Waals surface area contributed by atoms with Crippen molar-refractivity contribution in [3.05, 3.63) is 17.5 Å². The van der Waals surface area contributed by atoms with Gasteiger partial charge in [-0.2, -0.15) is 5.10 Å². The van der Waals surface area contributed by atoms with Crippen LogP contribution in [0.1, 0.15) is 38.6 Å². The summed E-state index contributed by atoms with van der Waals surface area (Å²) >= 11 is 0. The fourth-order valence-corrected chi connectivity index (χ4v) is 1.83. The van der Waals surface area contributed by atoms with Crippen LogP contribution in [0.5, 0.6) is 0 Å². The van der Waals surface area contributed by atoms with Gasteiger partial charge in [0.05, 0.1) is 12.3 Å². The highest BCUT2D eigenvalue weighted by molar-refractivity contribution is 5.11. The molecule has 0 aliphatic carbocycles. The SMILES string of the molecule is CCCOCC(N)Cc1cc(CC)nn1CC. The van der Waals surface area contributed by atoms with Gasteiger partial charge in [0.2, 0.25) is 0 Å². The van der Waals surface area contributed by atoms with Crippen molar-refractivity contribution < 1.29 is 4.74 Å². The lowest BCUT2D eigenvalue weighted by molar-refractivity contribution is 0.121. The monoisotopic (exact) mass is 239 g/mol. The summed E-state index contributed by atoms with van der Waals surface area (Å²) in [5.74, 6) is 0. The molecule has 4 heteroatoms. The number of nitrogens with two attached hydrogens (primary N) is 1. The maximum atomic E-state index is 6.05. The molecule has 1 rings (SSSR count). The van der Waals surface area contributed by atoms with Crippen LogP contribution in [-0.4, -0.2) is 29.0 Å². The molecule has 0 fully saturated rings. The molecule has 1 aromatic rings. The topological polar surface area (TPSA) is 53.1 Å². The number of hydrogen-bond acceptors (Lipinski definition) is 3. The van der Waals surface area contributed by atoms with E-state index in [2.05, 4.69) is 31.9 Å². The van der Waals surface area contributed by atoms with Gasteiger partial charge >= 0.3 is 0 Å². The van der Waals surface area contributed by atoms with E-state index >= 15 is 0 Å². The molecule has 0 saturated carbocycles. The number of aryl methyl sites for hydroxylation is 2. The number of hydrogen-bond donors (Lipinski definition) is 1. The zero-order valence-corrected chi connectivity index (χ0v) is 11.3. The third-order valence-corrected chi connectivity index (χ3v) is 2.73. The van der Waals surface area contributed by atoms with Crippen molar-refractivity contribution >= 4 is 0 Å². The van der Waals surface area contributed by atoms with Gasteiger partial charge in [0.1, 0.15) is 0 Å². The summed E-state index contributed by atoms with van der Waals surface area (Å²) in [7, 11) is 0. The Morgan fingerprint density at radius 3 is 2.76 bits per heavy atom. The van der Waals surface area contributed by atoms with Crippen molar-refractivity contribution in [3.63, 3.8) is 0 Å². The Bertz CT molecular complexity index is 322. The molecular weight excluding hydrogens is 214 g/mol.